The van der Waals surface area contributed by atoms with Crippen LogP contribution in [-0.2, 0) is 15.3 Å². The zero-order chi connectivity index (χ0) is 14.5. The molecular weight excluding hydrogens is 296 g/mol. The number of aliphatic carboxylic acids is 1. The van der Waals surface area contributed by atoms with Gasteiger partial charge < -0.3 is 10.4 Å². The zero-order valence-corrected chi connectivity index (χ0v) is 12.9. The van der Waals surface area contributed by atoms with Crippen LogP contribution >= 0.6 is 23.1 Å². The third-order valence-corrected chi connectivity index (χ3v) is 5.09. The molecule has 0 bridgehead atoms. The van der Waals surface area contributed by atoms with Crippen molar-refractivity contribution >= 4 is 35.0 Å². The first kappa shape index (κ1) is 15.3. The highest BCUT2D eigenvalue weighted by molar-refractivity contribution is 7.99. The Morgan fingerprint density at radius 3 is 2.95 bits per heavy atom. The van der Waals surface area contributed by atoms with E-state index in [4.69, 9.17) is 5.11 Å². The standard InChI is InChI=1S/C13H18N2O3S2/c1-8-14-11(6-20-8)5-19-7-12(16)15-10-3-2-9(4-10)13(17)18/h6,9-10H,2-5,7H2,1H3,(H,15,16)(H,17,18)/t9-,10+/m1/s1. The number of carbonyl (C=O) groups is 2. The summed E-state index contributed by atoms with van der Waals surface area (Å²) in [6.45, 7) is 1.96. The van der Waals surface area contributed by atoms with Gasteiger partial charge in [0.2, 0.25) is 5.91 Å². The first-order valence-corrected chi connectivity index (χ1v) is 8.59. The van der Waals surface area contributed by atoms with Gasteiger partial charge in [0.25, 0.3) is 0 Å². The lowest BCUT2D eigenvalue weighted by Crippen LogP contribution is -2.34. The second kappa shape index (κ2) is 7.08. The molecule has 2 N–H and O–H groups in total. The topological polar surface area (TPSA) is 79.3 Å². The lowest BCUT2D eigenvalue weighted by Gasteiger charge is -2.11. The first-order valence-electron chi connectivity index (χ1n) is 6.55. The Labute approximate surface area is 126 Å². The number of carbonyl (C=O) groups excluding carboxylic acids is 1. The Balaban J connectivity index is 1.65. The molecule has 1 aromatic rings. The fourth-order valence-electron chi connectivity index (χ4n) is 2.33. The summed E-state index contributed by atoms with van der Waals surface area (Å²) in [5, 5.41) is 14.9. The maximum absolute atomic E-state index is 11.8. The molecular formula is C13H18N2O3S2. The van der Waals surface area contributed by atoms with Gasteiger partial charge in [0.15, 0.2) is 0 Å². The van der Waals surface area contributed by atoms with Crippen molar-refractivity contribution in [3.8, 4) is 0 Å². The summed E-state index contributed by atoms with van der Waals surface area (Å²) in [6, 6.07) is 0.0192. The molecule has 5 nitrogen and oxygen atoms in total. The second-order valence-corrected chi connectivity index (χ2v) is 7.01. The molecule has 2 rings (SSSR count). The Hall–Kier alpha value is -1.08. The number of hydrogen-bond acceptors (Lipinski definition) is 5. The van der Waals surface area contributed by atoms with Crippen LogP contribution in [0.15, 0.2) is 5.38 Å². The number of rotatable bonds is 6. The molecule has 1 amide bonds. The van der Waals surface area contributed by atoms with E-state index in [1.54, 1.807) is 11.3 Å². The minimum Gasteiger partial charge on any atom is -0.481 e. The number of aromatic nitrogens is 1. The third kappa shape index (κ3) is 4.49. The van der Waals surface area contributed by atoms with Gasteiger partial charge in [-0.1, -0.05) is 0 Å². The van der Waals surface area contributed by atoms with Gasteiger partial charge in [-0.25, -0.2) is 4.98 Å². The molecule has 1 saturated carbocycles. The van der Waals surface area contributed by atoms with E-state index in [-0.39, 0.29) is 17.9 Å². The molecule has 0 unspecified atom stereocenters. The first-order chi connectivity index (χ1) is 9.54. The molecule has 2 atom stereocenters. The van der Waals surface area contributed by atoms with Gasteiger partial charge in [-0.15, -0.1) is 23.1 Å². The average Bonchev–Trinajstić information content (AvgIpc) is 2.99. The van der Waals surface area contributed by atoms with Gasteiger partial charge in [0, 0.05) is 17.2 Å². The third-order valence-electron chi connectivity index (χ3n) is 3.30. The SMILES string of the molecule is Cc1nc(CSCC(=O)N[C@H]2CC[C@@H](C(=O)O)C2)cs1. The lowest BCUT2D eigenvalue weighted by molar-refractivity contribution is -0.141. The quantitative estimate of drug-likeness (QED) is 0.840. The maximum Gasteiger partial charge on any atom is 0.306 e. The number of amides is 1. The van der Waals surface area contributed by atoms with Crippen LogP contribution in [0.5, 0.6) is 0 Å². The summed E-state index contributed by atoms with van der Waals surface area (Å²) in [5.74, 6) is 0.0595. The van der Waals surface area contributed by atoms with Crippen molar-refractivity contribution in [1.29, 1.82) is 0 Å². The van der Waals surface area contributed by atoms with Crippen LogP contribution in [0, 0.1) is 12.8 Å². The van der Waals surface area contributed by atoms with E-state index < -0.39 is 5.97 Å². The van der Waals surface area contributed by atoms with Crippen molar-refractivity contribution in [2.24, 2.45) is 5.92 Å². The van der Waals surface area contributed by atoms with Crippen molar-refractivity contribution in [2.75, 3.05) is 5.75 Å². The largest absolute Gasteiger partial charge is 0.481 e. The van der Waals surface area contributed by atoms with Crippen molar-refractivity contribution in [3.05, 3.63) is 16.1 Å². The summed E-state index contributed by atoms with van der Waals surface area (Å²) in [5.41, 5.74) is 1.01. The van der Waals surface area contributed by atoms with Crippen LogP contribution in [0.2, 0.25) is 0 Å². The van der Waals surface area contributed by atoms with Gasteiger partial charge >= 0.3 is 5.97 Å². The fraction of sp³-hybridized carbons (Fsp3) is 0.615. The monoisotopic (exact) mass is 314 g/mol. The molecule has 0 aromatic carbocycles. The van der Waals surface area contributed by atoms with Crippen molar-refractivity contribution < 1.29 is 14.7 Å². The van der Waals surface area contributed by atoms with Crippen LogP contribution in [0.3, 0.4) is 0 Å². The molecule has 1 aromatic heterocycles. The number of thiazole rings is 1. The fourth-order valence-corrected chi connectivity index (χ4v) is 3.77. The second-order valence-electron chi connectivity index (χ2n) is 4.96. The Morgan fingerprint density at radius 2 is 2.35 bits per heavy atom. The van der Waals surface area contributed by atoms with Crippen LogP contribution in [0.4, 0.5) is 0 Å². The zero-order valence-electron chi connectivity index (χ0n) is 11.3. The molecule has 0 radical (unpaired) electrons. The Morgan fingerprint density at radius 1 is 1.55 bits per heavy atom. The predicted molar refractivity (Wildman–Crippen MR) is 79.9 cm³/mol. The molecule has 0 spiro atoms. The molecule has 1 aliphatic carbocycles. The molecule has 7 heteroatoms. The van der Waals surface area contributed by atoms with Crippen molar-refractivity contribution in [1.82, 2.24) is 10.3 Å². The van der Waals surface area contributed by atoms with Crippen LogP contribution < -0.4 is 5.32 Å². The summed E-state index contributed by atoms with van der Waals surface area (Å²) in [4.78, 5) is 27.0. The predicted octanol–water partition coefficient (Wildman–Crippen LogP) is 2.05. The van der Waals surface area contributed by atoms with Gasteiger partial charge in [-0.05, 0) is 26.2 Å². The van der Waals surface area contributed by atoms with E-state index in [0.717, 1.165) is 22.9 Å². The normalized spacial score (nSPS) is 21.9. The van der Waals surface area contributed by atoms with Crippen LogP contribution in [-0.4, -0.2) is 33.8 Å². The molecule has 1 aliphatic rings. The van der Waals surface area contributed by atoms with Gasteiger partial charge in [-0.2, -0.15) is 0 Å². The number of nitrogens with one attached hydrogen (secondary N) is 1. The number of nitrogens with zero attached hydrogens (tertiary/aromatic N) is 1. The highest BCUT2D eigenvalue weighted by Gasteiger charge is 2.30. The van der Waals surface area contributed by atoms with E-state index in [9.17, 15) is 9.59 Å². The number of carboxylic acid groups (broad SMARTS) is 1. The number of thioether (sulfide) groups is 1. The summed E-state index contributed by atoms with van der Waals surface area (Å²) < 4.78 is 0. The molecule has 110 valence electrons. The van der Waals surface area contributed by atoms with E-state index in [1.807, 2.05) is 12.3 Å². The minimum atomic E-state index is -0.755. The van der Waals surface area contributed by atoms with Gasteiger partial charge in [-0.3, -0.25) is 9.59 Å². The van der Waals surface area contributed by atoms with E-state index in [2.05, 4.69) is 10.3 Å². The molecule has 1 fully saturated rings. The van der Waals surface area contributed by atoms with E-state index >= 15 is 0 Å². The van der Waals surface area contributed by atoms with Crippen molar-refractivity contribution in [3.63, 3.8) is 0 Å². The highest BCUT2D eigenvalue weighted by Crippen LogP contribution is 2.25. The highest BCUT2D eigenvalue weighted by atomic mass is 32.2. The smallest absolute Gasteiger partial charge is 0.306 e. The average molecular weight is 314 g/mol. The molecule has 20 heavy (non-hydrogen) atoms. The van der Waals surface area contributed by atoms with E-state index in [0.29, 0.717) is 18.6 Å². The molecule has 0 saturated heterocycles. The van der Waals surface area contributed by atoms with Gasteiger partial charge in [0.05, 0.1) is 22.4 Å². The Bertz CT molecular complexity index is 490. The summed E-state index contributed by atoms with van der Waals surface area (Å²) in [6.07, 6.45) is 1.97. The molecule has 1 heterocycles. The van der Waals surface area contributed by atoms with Crippen LogP contribution in [0.1, 0.15) is 30.0 Å². The Kier molecular flexibility index (Phi) is 5.42. The summed E-state index contributed by atoms with van der Waals surface area (Å²) >= 11 is 3.15. The number of hydrogen-bond donors (Lipinski definition) is 2. The van der Waals surface area contributed by atoms with Gasteiger partial charge in [0.1, 0.15) is 0 Å². The van der Waals surface area contributed by atoms with E-state index in [1.165, 1.54) is 11.8 Å². The maximum atomic E-state index is 11.8. The van der Waals surface area contributed by atoms with Crippen LogP contribution in [0.25, 0.3) is 0 Å². The molecule has 0 aliphatic heterocycles. The number of aryl methyl sites for hydroxylation is 1. The number of carboxylic acids is 1. The lowest BCUT2D eigenvalue weighted by atomic mass is 10.1. The van der Waals surface area contributed by atoms with Crippen molar-refractivity contribution in [2.45, 2.75) is 38.0 Å². The minimum absolute atomic E-state index is 0.0157. The summed E-state index contributed by atoms with van der Waals surface area (Å²) in [7, 11) is 0.